The summed E-state index contributed by atoms with van der Waals surface area (Å²) in [4.78, 5) is 4.03. The number of benzene rings is 1. The highest BCUT2D eigenvalue weighted by atomic mass is 15.1. The van der Waals surface area contributed by atoms with Gasteiger partial charge in [-0.3, -0.25) is 0 Å². The minimum absolute atomic E-state index is 0.469. The lowest BCUT2D eigenvalue weighted by atomic mass is 10.2. The molecular formula is C12H11N3. The zero-order chi connectivity index (χ0) is 10.7. The fourth-order valence-electron chi connectivity index (χ4n) is 1.52. The Bertz CT molecular complexity index is 491. The molecule has 3 heteroatoms. The first-order valence-corrected chi connectivity index (χ1v) is 4.77. The predicted molar refractivity (Wildman–Crippen MR) is 57.2 cm³/mol. The standard InChI is InChI=1S/C12H11N3/c1-10-8-14-12(7-13)15(10)9-11-5-3-2-4-6-11/h2-6,8H,9H2,1H3. The van der Waals surface area contributed by atoms with Crippen LogP contribution in [0.3, 0.4) is 0 Å². The molecular weight excluding hydrogens is 186 g/mol. The zero-order valence-corrected chi connectivity index (χ0v) is 8.51. The topological polar surface area (TPSA) is 41.6 Å². The Morgan fingerprint density at radius 1 is 1.33 bits per heavy atom. The first-order chi connectivity index (χ1) is 7.31. The van der Waals surface area contributed by atoms with Gasteiger partial charge in [-0.05, 0) is 12.5 Å². The first-order valence-electron chi connectivity index (χ1n) is 4.77. The van der Waals surface area contributed by atoms with Crippen LogP contribution in [0.4, 0.5) is 0 Å². The van der Waals surface area contributed by atoms with Gasteiger partial charge in [-0.25, -0.2) is 4.98 Å². The number of aryl methyl sites for hydroxylation is 1. The van der Waals surface area contributed by atoms with E-state index < -0.39 is 0 Å². The summed E-state index contributed by atoms with van der Waals surface area (Å²) in [5, 5.41) is 8.88. The van der Waals surface area contributed by atoms with Crippen molar-refractivity contribution in [1.82, 2.24) is 9.55 Å². The molecule has 2 rings (SSSR count). The second-order valence-electron chi connectivity index (χ2n) is 3.41. The van der Waals surface area contributed by atoms with Crippen molar-refractivity contribution >= 4 is 0 Å². The van der Waals surface area contributed by atoms with Gasteiger partial charge in [0.2, 0.25) is 5.82 Å². The van der Waals surface area contributed by atoms with Crippen LogP contribution in [-0.4, -0.2) is 9.55 Å². The Morgan fingerprint density at radius 3 is 2.73 bits per heavy atom. The van der Waals surface area contributed by atoms with Gasteiger partial charge in [0, 0.05) is 18.4 Å². The second-order valence-corrected chi connectivity index (χ2v) is 3.41. The molecule has 1 aromatic heterocycles. The first kappa shape index (κ1) is 9.47. The summed E-state index contributed by atoms with van der Waals surface area (Å²) in [7, 11) is 0. The molecule has 0 amide bonds. The lowest BCUT2D eigenvalue weighted by molar-refractivity contribution is 0.757. The van der Waals surface area contributed by atoms with Crippen LogP contribution in [0.5, 0.6) is 0 Å². The van der Waals surface area contributed by atoms with Crippen LogP contribution in [0.15, 0.2) is 36.5 Å². The maximum atomic E-state index is 8.88. The van der Waals surface area contributed by atoms with Crippen molar-refractivity contribution in [1.29, 1.82) is 5.26 Å². The summed E-state index contributed by atoms with van der Waals surface area (Å²) in [6.07, 6.45) is 1.72. The van der Waals surface area contributed by atoms with Crippen LogP contribution < -0.4 is 0 Å². The third kappa shape index (κ3) is 1.89. The van der Waals surface area contributed by atoms with E-state index in [2.05, 4.69) is 11.1 Å². The minimum atomic E-state index is 0.469. The molecule has 0 saturated heterocycles. The summed E-state index contributed by atoms with van der Waals surface area (Å²) in [5.41, 5.74) is 2.19. The number of rotatable bonds is 2. The number of imidazole rings is 1. The Hall–Kier alpha value is -2.08. The molecule has 0 aliphatic heterocycles. The summed E-state index contributed by atoms with van der Waals surface area (Å²) in [6, 6.07) is 12.1. The van der Waals surface area contributed by atoms with E-state index in [1.54, 1.807) is 6.20 Å². The Kier molecular flexibility index (Phi) is 2.51. The van der Waals surface area contributed by atoms with Gasteiger partial charge in [0.25, 0.3) is 0 Å². The number of nitrogens with zero attached hydrogens (tertiary/aromatic N) is 3. The average molecular weight is 197 g/mol. The van der Waals surface area contributed by atoms with Crippen molar-refractivity contribution in [3.05, 3.63) is 53.6 Å². The van der Waals surface area contributed by atoms with Gasteiger partial charge in [0.15, 0.2) is 0 Å². The highest BCUT2D eigenvalue weighted by Crippen LogP contribution is 2.08. The molecule has 3 nitrogen and oxygen atoms in total. The predicted octanol–water partition coefficient (Wildman–Crippen LogP) is 2.11. The lowest BCUT2D eigenvalue weighted by Gasteiger charge is -2.05. The summed E-state index contributed by atoms with van der Waals surface area (Å²) in [6.45, 7) is 2.66. The normalized spacial score (nSPS) is 9.87. The Labute approximate surface area is 88.6 Å². The lowest BCUT2D eigenvalue weighted by Crippen LogP contribution is -2.04. The van der Waals surface area contributed by atoms with Crippen LogP contribution in [-0.2, 0) is 6.54 Å². The number of hydrogen-bond acceptors (Lipinski definition) is 2. The molecule has 0 fully saturated rings. The third-order valence-electron chi connectivity index (χ3n) is 2.34. The zero-order valence-electron chi connectivity index (χ0n) is 8.51. The Morgan fingerprint density at radius 2 is 2.07 bits per heavy atom. The second kappa shape index (κ2) is 3.97. The fourth-order valence-corrected chi connectivity index (χ4v) is 1.52. The van der Waals surface area contributed by atoms with E-state index in [1.807, 2.05) is 41.8 Å². The number of aromatic nitrogens is 2. The molecule has 0 spiro atoms. The van der Waals surface area contributed by atoms with E-state index in [-0.39, 0.29) is 0 Å². The van der Waals surface area contributed by atoms with Gasteiger partial charge in [-0.1, -0.05) is 30.3 Å². The SMILES string of the molecule is Cc1cnc(C#N)n1Cc1ccccc1. The van der Waals surface area contributed by atoms with Crippen molar-refractivity contribution in [3.63, 3.8) is 0 Å². The van der Waals surface area contributed by atoms with E-state index in [1.165, 1.54) is 5.56 Å². The van der Waals surface area contributed by atoms with Crippen molar-refractivity contribution in [2.75, 3.05) is 0 Å². The third-order valence-corrected chi connectivity index (χ3v) is 2.34. The largest absolute Gasteiger partial charge is 0.316 e. The molecule has 2 aromatic rings. The molecule has 74 valence electrons. The number of nitriles is 1. The average Bonchev–Trinajstić information content (AvgIpc) is 2.62. The van der Waals surface area contributed by atoms with Gasteiger partial charge in [-0.15, -0.1) is 0 Å². The fraction of sp³-hybridized carbons (Fsp3) is 0.167. The maximum absolute atomic E-state index is 8.88. The monoisotopic (exact) mass is 197 g/mol. The van der Waals surface area contributed by atoms with Crippen LogP contribution in [0.25, 0.3) is 0 Å². The van der Waals surface area contributed by atoms with Crippen molar-refractivity contribution in [3.8, 4) is 6.07 Å². The molecule has 0 saturated carbocycles. The van der Waals surface area contributed by atoms with E-state index in [0.717, 1.165) is 5.69 Å². The van der Waals surface area contributed by atoms with Gasteiger partial charge < -0.3 is 4.57 Å². The molecule has 0 radical (unpaired) electrons. The van der Waals surface area contributed by atoms with E-state index >= 15 is 0 Å². The van der Waals surface area contributed by atoms with Crippen LogP contribution in [0.2, 0.25) is 0 Å². The molecule has 15 heavy (non-hydrogen) atoms. The van der Waals surface area contributed by atoms with Gasteiger partial charge in [0.1, 0.15) is 6.07 Å². The van der Waals surface area contributed by atoms with E-state index in [4.69, 9.17) is 5.26 Å². The van der Waals surface area contributed by atoms with Gasteiger partial charge >= 0.3 is 0 Å². The molecule has 0 atom stereocenters. The molecule has 0 aliphatic carbocycles. The Balaban J connectivity index is 2.33. The summed E-state index contributed by atoms with van der Waals surface area (Å²) < 4.78 is 1.91. The van der Waals surface area contributed by atoms with E-state index in [9.17, 15) is 0 Å². The van der Waals surface area contributed by atoms with E-state index in [0.29, 0.717) is 12.4 Å². The molecule has 0 bridgehead atoms. The van der Waals surface area contributed by atoms with Gasteiger partial charge in [0.05, 0.1) is 0 Å². The van der Waals surface area contributed by atoms with Crippen LogP contribution in [0, 0.1) is 18.3 Å². The molecule has 0 unspecified atom stereocenters. The number of hydrogen-bond donors (Lipinski definition) is 0. The molecule has 0 N–H and O–H groups in total. The highest BCUT2D eigenvalue weighted by Gasteiger charge is 2.05. The smallest absolute Gasteiger partial charge is 0.213 e. The molecule has 0 aliphatic rings. The van der Waals surface area contributed by atoms with Gasteiger partial charge in [-0.2, -0.15) is 5.26 Å². The molecule has 1 heterocycles. The quantitative estimate of drug-likeness (QED) is 0.739. The molecule has 1 aromatic carbocycles. The van der Waals surface area contributed by atoms with Crippen LogP contribution >= 0.6 is 0 Å². The minimum Gasteiger partial charge on any atom is -0.316 e. The van der Waals surface area contributed by atoms with Crippen molar-refractivity contribution in [2.24, 2.45) is 0 Å². The van der Waals surface area contributed by atoms with Crippen molar-refractivity contribution in [2.45, 2.75) is 13.5 Å². The van der Waals surface area contributed by atoms with Crippen LogP contribution in [0.1, 0.15) is 17.1 Å². The summed E-state index contributed by atoms with van der Waals surface area (Å²) in [5.74, 6) is 0.469. The highest BCUT2D eigenvalue weighted by molar-refractivity contribution is 5.21. The maximum Gasteiger partial charge on any atom is 0.213 e. The van der Waals surface area contributed by atoms with Crippen molar-refractivity contribution < 1.29 is 0 Å². The summed E-state index contributed by atoms with van der Waals surface area (Å²) >= 11 is 0.